The van der Waals surface area contributed by atoms with E-state index in [-0.39, 0.29) is 17.4 Å². The molecule has 0 atom stereocenters. The summed E-state index contributed by atoms with van der Waals surface area (Å²) in [5, 5.41) is 22.2. The van der Waals surface area contributed by atoms with Gasteiger partial charge in [0.05, 0.1) is 18.6 Å². The van der Waals surface area contributed by atoms with E-state index in [1.165, 1.54) is 11.8 Å². The third-order valence-electron chi connectivity index (χ3n) is 4.61. The lowest BCUT2D eigenvalue weighted by Crippen LogP contribution is -2.15. The largest absolute Gasteiger partial charge is 0.508 e. The molecule has 0 aliphatic rings. The summed E-state index contributed by atoms with van der Waals surface area (Å²) in [6, 6.07) is 15.8. The molecule has 7 nitrogen and oxygen atoms in total. The number of aromatic nitrogens is 3. The molecule has 0 saturated carbocycles. The molecular weight excluding hydrogens is 436 g/mol. The molecule has 0 spiro atoms. The number of thioether (sulfide) groups is 1. The van der Waals surface area contributed by atoms with Crippen molar-refractivity contribution in [1.82, 2.24) is 14.8 Å². The summed E-state index contributed by atoms with van der Waals surface area (Å²) in [4.78, 5) is 12.5. The van der Waals surface area contributed by atoms with Gasteiger partial charge in [-0.25, -0.2) is 0 Å². The lowest BCUT2D eigenvalue weighted by atomic mass is 10.2. The number of hydrogen-bond acceptors (Lipinski definition) is 6. The molecule has 0 aliphatic heterocycles. The van der Waals surface area contributed by atoms with E-state index < -0.39 is 0 Å². The summed E-state index contributed by atoms with van der Waals surface area (Å²) in [6.45, 7) is 2.27. The lowest BCUT2D eigenvalue weighted by Gasteiger charge is -2.10. The molecule has 9 heteroatoms. The van der Waals surface area contributed by atoms with E-state index in [0.29, 0.717) is 28.2 Å². The smallest absolute Gasteiger partial charge is 0.234 e. The van der Waals surface area contributed by atoms with Crippen LogP contribution in [0.25, 0.3) is 11.4 Å². The lowest BCUT2D eigenvalue weighted by molar-refractivity contribution is -0.113. The van der Waals surface area contributed by atoms with Crippen molar-refractivity contribution in [3.63, 3.8) is 0 Å². The van der Waals surface area contributed by atoms with Crippen molar-refractivity contribution >= 4 is 35.0 Å². The fourth-order valence-corrected chi connectivity index (χ4v) is 3.89. The van der Waals surface area contributed by atoms with Gasteiger partial charge in [0, 0.05) is 16.3 Å². The number of phenols is 1. The first-order chi connectivity index (χ1) is 15.0. The van der Waals surface area contributed by atoms with Gasteiger partial charge in [-0.15, -0.1) is 10.2 Å². The molecule has 31 heavy (non-hydrogen) atoms. The van der Waals surface area contributed by atoms with E-state index in [9.17, 15) is 9.90 Å². The predicted molar refractivity (Wildman–Crippen MR) is 120 cm³/mol. The first-order valence-corrected chi connectivity index (χ1v) is 10.8. The summed E-state index contributed by atoms with van der Waals surface area (Å²) in [5.74, 6) is 1.50. The van der Waals surface area contributed by atoms with Crippen molar-refractivity contribution in [2.75, 3.05) is 11.1 Å². The monoisotopic (exact) mass is 454 g/mol. The van der Waals surface area contributed by atoms with Gasteiger partial charge < -0.3 is 14.8 Å². The minimum atomic E-state index is -0.172. The van der Waals surface area contributed by atoms with Crippen LogP contribution in [0, 0.1) is 6.92 Å². The fraction of sp³-hybridized carbons (Fsp3) is 0.136. The number of aromatic hydroxyl groups is 1. The average Bonchev–Trinajstić information content (AvgIpc) is 3.41. The Labute approximate surface area is 188 Å². The molecule has 2 aromatic heterocycles. The van der Waals surface area contributed by atoms with Crippen molar-refractivity contribution in [1.29, 1.82) is 0 Å². The van der Waals surface area contributed by atoms with E-state index >= 15 is 0 Å². The second kappa shape index (κ2) is 9.28. The second-order valence-electron chi connectivity index (χ2n) is 6.77. The highest BCUT2D eigenvalue weighted by Crippen LogP contribution is 2.27. The van der Waals surface area contributed by atoms with Gasteiger partial charge >= 0.3 is 0 Å². The van der Waals surface area contributed by atoms with Gasteiger partial charge in [-0.1, -0.05) is 29.4 Å². The fourth-order valence-electron chi connectivity index (χ4n) is 2.98. The Morgan fingerprint density at radius 3 is 2.71 bits per heavy atom. The maximum Gasteiger partial charge on any atom is 0.234 e. The van der Waals surface area contributed by atoms with Gasteiger partial charge in [0.2, 0.25) is 5.91 Å². The molecule has 2 heterocycles. The zero-order chi connectivity index (χ0) is 21.8. The number of halogens is 1. The van der Waals surface area contributed by atoms with Gasteiger partial charge in [0.25, 0.3) is 0 Å². The Morgan fingerprint density at radius 2 is 1.97 bits per heavy atom. The molecule has 0 unspecified atom stereocenters. The van der Waals surface area contributed by atoms with Crippen LogP contribution in [-0.4, -0.2) is 31.5 Å². The van der Waals surface area contributed by atoms with Gasteiger partial charge in [-0.2, -0.15) is 0 Å². The van der Waals surface area contributed by atoms with Crippen LogP contribution < -0.4 is 5.32 Å². The molecule has 0 saturated heterocycles. The third kappa shape index (κ3) is 4.92. The zero-order valence-electron chi connectivity index (χ0n) is 16.6. The number of furan rings is 1. The predicted octanol–water partition coefficient (Wildman–Crippen LogP) is 4.98. The SMILES string of the molecule is Cc1c(Cl)cccc1NC(=O)CSc1nnc(-c2ccc(O)cc2)n1Cc1ccco1. The number of benzene rings is 2. The highest BCUT2D eigenvalue weighted by molar-refractivity contribution is 7.99. The topological polar surface area (TPSA) is 93.2 Å². The van der Waals surface area contributed by atoms with Gasteiger partial charge in [0.15, 0.2) is 11.0 Å². The number of carbonyl (C=O) groups excluding carboxylic acids is 1. The van der Waals surface area contributed by atoms with Crippen LogP contribution in [0.5, 0.6) is 5.75 Å². The highest BCUT2D eigenvalue weighted by Gasteiger charge is 2.17. The standard InChI is InChI=1S/C22H19ClN4O3S/c1-14-18(23)5-2-6-19(14)24-20(29)13-31-22-26-25-21(15-7-9-16(28)10-8-15)27(22)12-17-4-3-11-30-17/h2-11,28H,12-13H2,1H3,(H,24,29). The number of hydrogen-bond donors (Lipinski definition) is 2. The molecular formula is C22H19ClN4O3S. The maximum absolute atomic E-state index is 12.5. The third-order valence-corrected chi connectivity index (χ3v) is 5.99. The number of phenolic OH excluding ortho intramolecular Hbond substituents is 1. The molecule has 0 fully saturated rings. The first kappa shape index (κ1) is 21.0. The van der Waals surface area contributed by atoms with E-state index in [1.807, 2.05) is 29.7 Å². The van der Waals surface area contributed by atoms with Crippen molar-refractivity contribution in [3.8, 4) is 17.1 Å². The Morgan fingerprint density at radius 1 is 1.16 bits per heavy atom. The minimum Gasteiger partial charge on any atom is -0.508 e. The van der Waals surface area contributed by atoms with Crippen molar-refractivity contribution < 1.29 is 14.3 Å². The van der Waals surface area contributed by atoms with Gasteiger partial charge in [-0.3, -0.25) is 9.36 Å². The van der Waals surface area contributed by atoms with Gasteiger partial charge in [-0.05, 0) is 61.0 Å². The summed E-state index contributed by atoms with van der Waals surface area (Å²) in [6.07, 6.45) is 1.60. The number of nitrogens with one attached hydrogen (secondary N) is 1. The Bertz CT molecular complexity index is 1190. The van der Waals surface area contributed by atoms with Crippen molar-refractivity contribution in [2.45, 2.75) is 18.6 Å². The number of rotatable bonds is 7. The molecule has 4 aromatic rings. The van der Waals surface area contributed by atoms with Gasteiger partial charge in [0.1, 0.15) is 11.5 Å². The molecule has 158 valence electrons. The van der Waals surface area contributed by atoms with Crippen LogP contribution in [0.15, 0.2) is 70.4 Å². The summed E-state index contributed by atoms with van der Waals surface area (Å²) < 4.78 is 7.37. The summed E-state index contributed by atoms with van der Waals surface area (Å²) in [5.41, 5.74) is 2.29. The molecule has 0 bridgehead atoms. The quantitative estimate of drug-likeness (QED) is 0.382. The summed E-state index contributed by atoms with van der Waals surface area (Å²) in [7, 11) is 0. The highest BCUT2D eigenvalue weighted by atomic mass is 35.5. The van der Waals surface area contributed by atoms with Crippen LogP contribution in [0.2, 0.25) is 5.02 Å². The zero-order valence-corrected chi connectivity index (χ0v) is 18.2. The van der Waals surface area contributed by atoms with E-state index in [0.717, 1.165) is 16.9 Å². The van der Waals surface area contributed by atoms with Crippen LogP contribution in [0.1, 0.15) is 11.3 Å². The Kier molecular flexibility index (Phi) is 6.29. The molecule has 2 aromatic carbocycles. The second-order valence-corrected chi connectivity index (χ2v) is 8.12. The Balaban J connectivity index is 1.54. The van der Waals surface area contributed by atoms with Crippen molar-refractivity contribution in [3.05, 3.63) is 77.2 Å². The average molecular weight is 455 g/mol. The number of anilines is 1. The van der Waals surface area contributed by atoms with Crippen LogP contribution in [0.4, 0.5) is 5.69 Å². The molecule has 2 N–H and O–H groups in total. The van der Waals surface area contributed by atoms with E-state index in [1.54, 1.807) is 42.7 Å². The molecule has 0 aliphatic carbocycles. The van der Waals surface area contributed by atoms with Crippen molar-refractivity contribution in [2.24, 2.45) is 0 Å². The first-order valence-electron chi connectivity index (χ1n) is 9.44. The van der Waals surface area contributed by atoms with Crippen LogP contribution >= 0.6 is 23.4 Å². The molecule has 4 rings (SSSR count). The molecule has 1 amide bonds. The maximum atomic E-state index is 12.5. The summed E-state index contributed by atoms with van der Waals surface area (Å²) >= 11 is 7.40. The number of carbonyl (C=O) groups is 1. The number of amides is 1. The van der Waals surface area contributed by atoms with E-state index in [4.69, 9.17) is 16.0 Å². The normalized spacial score (nSPS) is 10.9. The minimum absolute atomic E-state index is 0.151. The van der Waals surface area contributed by atoms with E-state index in [2.05, 4.69) is 15.5 Å². The van der Waals surface area contributed by atoms with Crippen LogP contribution in [-0.2, 0) is 11.3 Å². The van der Waals surface area contributed by atoms with Crippen LogP contribution in [0.3, 0.4) is 0 Å². The Hall–Kier alpha value is -3.23. The molecule has 0 radical (unpaired) electrons. The number of nitrogens with zero attached hydrogens (tertiary/aromatic N) is 3.